The van der Waals surface area contributed by atoms with Crippen LogP contribution >= 0.6 is 0 Å². The third-order valence-corrected chi connectivity index (χ3v) is 3.32. The quantitative estimate of drug-likeness (QED) is 0.413. The largest absolute Gasteiger partial charge is 0.493 e. The highest BCUT2D eigenvalue weighted by atomic mass is 19.3. The first-order valence-corrected chi connectivity index (χ1v) is 8.15. The van der Waals surface area contributed by atoms with Crippen LogP contribution in [0.1, 0.15) is 17.3 Å². The molecular weight excluding hydrogens is 382 g/mol. The zero-order valence-electron chi connectivity index (χ0n) is 15.6. The molecule has 2 amide bonds. The lowest BCUT2D eigenvalue weighted by Crippen LogP contribution is -2.39. The Bertz CT molecular complexity index is 685. The molecule has 0 unspecified atom stereocenters. The fourth-order valence-corrected chi connectivity index (χ4v) is 1.97. The molecule has 156 valence electrons. The third kappa shape index (κ3) is 7.74. The maximum Gasteiger partial charge on any atom is 0.387 e. The molecule has 0 aliphatic carbocycles. The van der Waals surface area contributed by atoms with Crippen molar-refractivity contribution >= 4 is 17.8 Å². The predicted octanol–water partition coefficient (Wildman–Crippen LogP) is 0.721. The summed E-state index contributed by atoms with van der Waals surface area (Å²) in [6.07, 6.45) is -1.05. The molecule has 1 aromatic carbocycles. The topological polar surface area (TPSA) is 112 Å². The Morgan fingerprint density at radius 2 is 1.82 bits per heavy atom. The molecule has 1 rings (SSSR count). The summed E-state index contributed by atoms with van der Waals surface area (Å²) in [6.45, 7) is -1.58. The van der Waals surface area contributed by atoms with Crippen LogP contribution in [-0.2, 0) is 19.1 Å². The molecule has 0 aliphatic heterocycles. The number of carbonyl (C=O) groups is 3. The second-order valence-electron chi connectivity index (χ2n) is 5.34. The first kappa shape index (κ1) is 23.1. The molecule has 0 saturated carbocycles. The normalized spacial score (nSPS) is 11.5. The van der Waals surface area contributed by atoms with E-state index in [-0.39, 0.29) is 23.6 Å². The first-order chi connectivity index (χ1) is 13.3. The Labute approximate surface area is 160 Å². The average Bonchev–Trinajstić information content (AvgIpc) is 2.65. The van der Waals surface area contributed by atoms with Gasteiger partial charge in [-0.3, -0.25) is 14.4 Å². The molecule has 1 atom stereocenters. The van der Waals surface area contributed by atoms with Gasteiger partial charge in [-0.2, -0.15) is 8.78 Å². The number of hydrogen-bond donors (Lipinski definition) is 2. The minimum absolute atomic E-state index is 0.0524. The summed E-state index contributed by atoms with van der Waals surface area (Å²) < 4.78 is 43.5. The zero-order chi connectivity index (χ0) is 21.1. The summed E-state index contributed by atoms with van der Waals surface area (Å²) in [6, 6.07) is 3.56. The summed E-state index contributed by atoms with van der Waals surface area (Å²) in [7, 11) is 2.71. The smallest absolute Gasteiger partial charge is 0.387 e. The highest BCUT2D eigenvalue weighted by molar-refractivity contribution is 5.96. The van der Waals surface area contributed by atoms with E-state index in [0.717, 1.165) is 6.07 Å². The molecular formula is C17H22F2N2O7. The molecule has 28 heavy (non-hydrogen) atoms. The van der Waals surface area contributed by atoms with Crippen LogP contribution in [0.4, 0.5) is 8.78 Å². The van der Waals surface area contributed by atoms with Gasteiger partial charge in [0.05, 0.1) is 13.7 Å². The number of alkyl halides is 2. The van der Waals surface area contributed by atoms with Crippen molar-refractivity contribution < 1.29 is 42.1 Å². The molecule has 0 radical (unpaired) electrons. The molecule has 9 nitrogen and oxygen atoms in total. The van der Waals surface area contributed by atoms with Gasteiger partial charge in [0.1, 0.15) is 6.54 Å². The number of benzene rings is 1. The third-order valence-electron chi connectivity index (χ3n) is 3.32. The molecule has 11 heteroatoms. The summed E-state index contributed by atoms with van der Waals surface area (Å²) in [5.74, 6) is -2.31. The van der Waals surface area contributed by atoms with Crippen molar-refractivity contribution in [3.63, 3.8) is 0 Å². The summed E-state index contributed by atoms with van der Waals surface area (Å²) >= 11 is 0. The Balaban J connectivity index is 2.54. The number of esters is 1. The first-order valence-electron chi connectivity index (χ1n) is 8.15. The minimum atomic E-state index is -3.04. The van der Waals surface area contributed by atoms with Gasteiger partial charge in [0.2, 0.25) is 0 Å². The Morgan fingerprint density at radius 3 is 2.43 bits per heavy atom. The summed E-state index contributed by atoms with van der Waals surface area (Å²) in [5, 5.41) is 4.80. The summed E-state index contributed by atoms with van der Waals surface area (Å²) in [5.41, 5.74) is 0.0524. The Morgan fingerprint density at radius 1 is 1.11 bits per heavy atom. The van der Waals surface area contributed by atoms with Crippen LogP contribution in [0, 0.1) is 0 Å². The standard InChI is InChI=1S/C17H22F2N2O7/c1-10(15(23)20-6-7-25-2)27-14(22)9-21-16(24)11-4-5-12(28-17(18)19)13(8-11)26-3/h4-5,8,10,17H,6-7,9H2,1-3H3,(H,20,23)(H,21,24)/t10-/m1/s1. The van der Waals surface area contributed by atoms with E-state index in [1.54, 1.807) is 0 Å². The van der Waals surface area contributed by atoms with E-state index in [2.05, 4.69) is 15.4 Å². The van der Waals surface area contributed by atoms with Crippen LogP contribution < -0.4 is 20.1 Å². The molecule has 0 aromatic heterocycles. The predicted molar refractivity (Wildman–Crippen MR) is 92.4 cm³/mol. The van der Waals surface area contributed by atoms with Gasteiger partial charge in [0.25, 0.3) is 11.8 Å². The van der Waals surface area contributed by atoms with Crippen LogP contribution in [-0.4, -0.2) is 64.4 Å². The number of rotatable bonds is 11. The van der Waals surface area contributed by atoms with E-state index in [1.165, 1.54) is 33.3 Å². The number of nitrogens with one attached hydrogen (secondary N) is 2. The van der Waals surface area contributed by atoms with E-state index < -0.39 is 37.0 Å². The van der Waals surface area contributed by atoms with Gasteiger partial charge in [-0.25, -0.2) is 0 Å². The SMILES string of the molecule is COCCNC(=O)[C@@H](C)OC(=O)CNC(=O)c1ccc(OC(F)F)c(OC)c1. The van der Waals surface area contributed by atoms with Crippen molar-refractivity contribution in [3.05, 3.63) is 23.8 Å². The molecule has 0 aliphatic rings. The molecule has 1 aromatic rings. The monoisotopic (exact) mass is 404 g/mol. The number of halogens is 2. The molecule has 0 fully saturated rings. The fourth-order valence-electron chi connectivity index (χ4n) is 1.97. The van der Waals surface area contributed by atoms with Crippen molar-refractivity contribution in [1.29, 1.82) is 0 Å². The van der Waals surface area contributed by atoms with Crippen LogP contribution in [0.25, 0.3) is 0 Å². The van der Waals surface area contributed by atoms with E-state index >= 15 is 0 Å². The van der Waals surface area contributed by atoms with Crippen molar-refractivity contribution in [1.82, 2.24) is 10.6 Å². The van der Waals surface area contributed by atoms with Crippen molar-refractivity contribution in [2.24, 2.45) is 0 Å². The Kier molecular flexibility index (Phi) is 9.65. The van der Waals surface area contributed by atoms with Gasteiger partial charge in [-0.1, -0.05) is 0 Å². The van der Waals surface area contributed by atoms with Crippen LogP contribution in [0.3, 0.4) is 0 Å². The lowest BCUT2D eigenvalue weighted by molar-refractivity contribution is -0.153. The van der Waals surface area contributed by atoms with Gasteiger partial charge in [-0.05, 0) is 25.1 Å². The molecule has 0 spiro atoms. The van der Waals surface area contributed by atoms with E-state index in [9.17, 15) is 23.2 Å². The van der Waals surface area contributed by atoms with Crippen molar-refractivity contribution in [2.45, 2.75) is 19.6 Å². The number of hydrogen-bond acceptors (Lipinski definition) is 7. The maximum absolute atomic E-state index is 12.3. The van der Waals surface area contributed by atoms with Crippen molar-refractivity contribution in [2.75, 3.05) is 33.9 Å². The summed E-state index contributed by atoms with van der Waals surface area (Å²) in [4.78, 5) is 35.5. The number of carbonyl (C=O) groups excluding carboxylic acids is 3. The zero-order valence-corrected chi connectivity index (χ0v) is 15.6. The van der Waals surface area contributed by atoms with Crippen LogP contribution in [0.5, 0.6) is 11.5 Å². The number of amides is 2. The lowest BCUT2D eigenvalue weighted by atomic mass is 10.2. The van der Waals surface area contributed by atoms with Gasteiger partial charge >= 0.3 is 12.6 Å². The molecule has 2 N–H and O–H groups in total. The van der Waals surface area contributed by atoms with Crippen molar-refractivity contribution in [3.8, 4) is 11.5 Å². The second-order valence-corrected chi connectivity index (χ2v) is 5.34. The van der Waals surface area contributed by atoms with Gasteiger partial charge < -0.3 is 29.6 Å². The number of methoxy groups -OCH3 is 2. The highest BCUT2D eigenvalue weighted by Crippen LogP contribution is 2.29. The van der Waals surface area contributed by atoms with E-state index in [4.69, 9.17) is 14.2 Å². The van der Waals surface area contributed by atoms with E-state index in [0.29, 0.717) is 6.61 Å². The highest BCUT2D eigenvalue weighted by Gasteiger charge is 2.19. The van der Waals surface area contributed by atoms with E-state index in [1.807, 2.05) is 0 Å². The Hall–Kier alpha value is -2.95. The fraction of sp³-hybridized carbons (Fsp3) is 0.471. The molecule has 0 saturated heterocycles. The van der Waals surface area contributed by atoms with Gasteiger partial charge in [0.15, 0.2) is 17.6 Å². The second kappa shape index (κ2) is 11.7. The molecule has 0 bridgehead atoms. The van der Waals surface area contributed by atoms with Gasteiger partial charge in [0, 0.05) is 19.2 Å². The van der Waals surface area contributed by atoms with Gasteiger partial charge in [-0.15, -0.1) is 0 Å². The molecule has 0 heterocycles. The lowest BCUT2D eigenvalue weighted by Gasteiger charge is -2.14. The van der Waals surface area contributed by atoms with Crippen LogP contribution in [0.2, 0.25) is 0 Å². The van der Waals surface area contributed by atoms with Crippen LogP contribution in [0.15, 0.2) is 18.2 Å². The number of ether oxygens (including phenoxy) is 4. The average molecular weight is 404 g/mol. The minimum Gasteiger partial charge on any atom is -0.493 e. The maximum atomic E-state index is 12.3.